The van der Waals surface area contributed by atoms with E-state index in [9.17, 15) is 22.8 Å². The topological polar surface area (TPSA) is 73.9 Å². The van der Waals surface area contributed by atoms with Crippen LogP contribution in [-0.2, 0) is 29.4 Å². The standard InChI is InChI=1S/C16H18F3NO5/c1-23-13(21)12-8-11(9-25-12)20-14(22)15(24-2,16(17,18)19)10-6-4-3-5-7-10/h3-7,11-12H,8-9H2,1-2H3,(H,20,22)/t11-,12-,15-/m1/s1. The first kappa shape index (κ1) is 19.2. The Morgan fingerprint density at radius 3 is 2.36 bits per heavy atom. The van der Waals surface area contributed by atoms with Crippen LogP contribution in [0, 0.1) is 0 Å². The zero-order valence-electron chi connectivity index (χ0n) is 13.6. The van der Waals surface area contributed by atoms with Gasteiger partial charge in [-0.15, -0.1) is 0 Å². The molecule has 9 heteroatoms. The van der Waals surface area contributed by atoms with Gasteiger partial charge in [-0.3, -0.25) is 4.79 Å². The van der Waals surface area contributed by atoms with E-state index in [0.29, 0.717) is 0 Å². The highest BCUT2D eigenvalue weighted by Gasteiger charge is 2.63. The molecule has 0 spiro atoms. The summed E-state index contributed by atoms with van der Waals surface area (Å²) in [4.78, 5) is 23.9. The van der Waals surface area contributed by atoms with Gasteiger partial charge < -0.3 is 19.5 Å². The first-order valence-electron chi connectivity index (χ1n) is 7.44. The summed E-state index contributed by atoms with van der Waals surface area (Å²) in [5, 5.41) is 2.27. The molecule has 0 bridgehead atoms. The van der Waals surface area contributed by atoms with Gasteiger partial charge in [0.1, 0.15) is 0 Å². The summed E-state index contributed by atoms with van der Waals surface area (Å²) < 4.78 is 55.6. The Bertz CT molecular complexity index is 622. The number of hydrogen-bond acceptors (Lipinski definition) is 5. The minimum absolute atomic E-state index is 0.0187. The van der Waals surface area contributed by atoms with E-state index in [1.807, 2.05) is 0 Å². The predicted octanol–water partition coefficient (Wildman–Crippen LogP) is 1.54. The lowest BCUT2D eigenvalue weighted by molar-refractivity contribution is -0.266. The Kier molecular flexibility index (Phi) is 5.69. The summed E-state index contributed by atoms with van der Waals surface area (Å²) in [6.07, 6.45) is -5.89. The minimum Gasteiger partial charge on any atom is -0.467 e. The fourth-order valence-electron chi connectivity index (χ4n) is 2.73. The number of halogens is 3. The van der Waals surface area contributed by atoms with E-state index in [1.54, 1.807) is 0 Å². The quantitative estimate of drug-likeness (QED) is 0.806. The van der Waals surface area contributed by atoms with Crippen LogP contribution >= 0.6 is 0 Å². The monoisotopic (exact) mass is 361 g/mol. The van der Waals surface area contributed by atoms with E-state index < -0.39 is 35.8 Å². The van der Waals surface area contributed by atoms with Crippen LogP contribution in [0.25, 0.3) is 0 Å². The van der Waals surface area contributed by atoms with Crippen molar-refractivity contribution in [2.75, 3.05) is 20.8 Å². The van der Waals surface area contributed by atoms with Gasteiger partial charge >= 0.3 is 12.1 Å². The number of rotatable bonds is 5. The van der Waals surface area contributed by atoms with Gasteiger partial charge in [0.25, 0.3) is 11.5 Å². The molecule has 1 amide bonds. The Hall–Kier alpha value is -2.13. The van der Waals surface area contributed by atoms with E-state index in [1.165, 1.54) is 37.4 Å². The van der Waals surface area contributed by atoms with E-state index in [-0.39, 0.29) is 18.6 Å². The highest BCUT2D eigenvalue weighted by atomic mass is 19.4. The van der Waals surface area contributed by atoms with Crippen LogP contribution in [0.2, 0.25) is 0 Å². The van der Waals surface area contributed by atoms with Gasteiger partial charge in [-0.05, 0) is 0 Å². The average Bonchev–Trinajstić information content (AvgIpc) is 3.03. The normalized spacial score (nSPS) is 22.9. The second-order valence-electron chi connectivity index (χ2n) is 5.50. The maximum atomic E-state index is 13.8. The second kappa shape index (κ2) is 7.40. The molecule has 1 heterocycles. The first-order chi connectivity index (χ1) is 11.8. The van der Waals surface area contributed by atoms with Crippen LogP contribution in [0.4, 0.5) is 13.2 Å². The molecule has 1 aromatic rings. The number of carbonyl (C=O) groups is 2. The molecular formula is C16H18F3NO5. The highest BCUT2D eigenvalue weighted by molar-refractivity contribution is 5.88. The summed E-state index contributed by atoms with van der Waals surface area (Å²) in [5.41, 5.74) is -3.50. The average molecular weight is 361 g/mol. The number of hydrogen-bond donors (Lipinski definition) is 1. The van der Waals surface area contributed by atoms with Crippen LogP contribution in [0.1, 0.15) is 12.0 Å². The van der Waals surface area contributed by atoms with Gasteiger partial charge in [-0.25, -0.2) is 4.79 Å². The summed E-state index contributed by atoms with van der Waals surface area (Å²) in [5.74, 6) is -2.01. The van der Waals surface area contributed by atoms with Gasteiger partial charge in [0.2, 0.25) is 0 Å². The van der Waals surface area contributed by atoms with E-state index in [0.717, 1.165) is 7.11 Å². The van der Waals surface area contributed by atoms with Crippen LogP contribution in [-0.4, -0.2) is 51.0 Å². The molecule has 3 atom stereocenters. The van der Waals surface area contributed by atoms with Crippen LogP contribution < -0.4 is 5.32 Å². The molecule has 138 valence electrons. The van der Waals surface area contributed by atoms with Crippen LogP contribution in [0.3, 0.4) is 0 Å². The zero-order valence-corrected chi connectivity index (χ0v) is 13.6. The van der Waals surface area contributed by atoms with Crippen molar-refractivity contribution < 1.29 is 37.0 Å². The number of carbonyl (C=O) groups excluding carboxylic acids is 2. The van der Waals surface area contributed by atoms with Gasteiger partial charge in [0.15, 0.2) is 6.10 Å². The number of nitrogens with one attached hydrogen (secondary N) is 1. The molecule has 1 saturated heterocycles. The van der Waals surface area contributed by atoms with Crippen LogP contribution in [0.5, 0.6) is 0 Å². The number of ether oxygens (including phenoxy) is 3. The molecule has 1 aromatic carbocycles. The fraction of sp³-hybridized carbons (Fsp3) is 0.500. The highest BCUT2D eigenvalue weighted by Crippen LogP contribution is 2.42. The first-order valence-corrected chi connectivity index (χ1v) is 7.44. The summed E-state index contributed by atoms with van der Waals surface area (Å²) in [6.45, 7) is -0.0993. The number of esters is 1. The SMILES string of the molecule is COC(=O)[C@H]1C[C@@H](NC(=O)[C@](OC)(c2ccccc2)C(F)(F)F)CO1. The maximum absolute atomic E-state index is 13.8. The van der Waals surface area contributed by atoms with Crippen molar-refractivity contribution in [3.05, 3.63) is 35.9 Å². The Morgan fingerprint density at radius 1 is 1.20 bits per heavy atom. The molecular weight excluding hydrogens is 343 g/mol. The van der Waals surface area contributed by atoms with Gasteiger partial charge in [-0.2, -0.15) is 13.2 Å². The largest absolute Gasteiger partial charge is 0.467 e. The predicted molar refractivity (Wildman–Crippen MR) is 79.5 cm³/mol. The molecule has 0 radical (unpaired) electrons. The Balaban J connectivity index is 2.25. The van der Waals surface area contributed by atoms with Crippen molar-refractivity contribution in [3.8, 4) is 0 Å². The van der Waals surface area contributed by atoms with Gasteiger partial charge in [-0.1, -0.05) is 30.3 Å². The molecule has 0 aromatic heterocycles. The second-order valence-corrected chi connectivity index (χ2v) is 5.50. The third-order valence-electron chi connectivity index (χ3n) is 4.00. The van der Waals surface area contributed by atoms with Crippen molar-refractivity contribution >= 4 is 11.9 Å². The smallest absolute Gasteiger partial charge is 0.430 e. The fourth-order valence-corrected chi connectivity index (χ4v) is 2.73. The van der Waals surface area contributed by atoms with Crippen LogP contribution in [0.15, 0.2) is 30.3 Å². The lowest BCUT2D eigenvalue weighted by Crippen LogP contribution is -2.57. The van der Waals surface area contributed by atoms with Crippen molar-refractivity contribution in [1.82, 2.24) is 5.32 Å². The van der Waals surface area contributed by atoms with Crippen molar-refractivity contribution in [2.45, 2.75) is 30.3 Å². The summed E-state index contributed by atoms with van der Waals surface area (Å²) in [6, 6.07) is 5.86. The van der Waals surface area contributed by atoms with Crippen molar-refractivity contribution in [3.63, 3.8) is 0 Å². The van der Waals surface area contributed by atoms with E-state index in [4.69, 9.17) is 4.74 Å². The Morgan fingerprint density at radius 2 is 1.84 bits per heavy atom. The molecule has 1 aliphatic rings. The van der Waals surface area contributed by atoms with Crippen molar-refractivity contribution in [1.29, 1.82) is 0 Å². The maximum Gasteiger partial charge on any atom is 0.430 e. The molecule has 0 unspecified atom stereocenters. The lowest BCUT2D eigenvalue weighted by Gasteiger charge is -2.34. The van der Waals surface area contributed by atoms with E-state index in [2.05, 4.69) is 14.8 Å². The number of amides is 1. The zero-order chi connectivity index (χ0) is 18.7. The number of methoxy groups -OCH3 is 2. The van der Waals surface area contributed by atoms with Gasteiger partial charge in [0.05, 0.1) is 19.8 Å². The van der Waals surface area contributed by atoms with Gasteiger partial charge in [0, 0.05) is 19.1 Å². The molecule has 2 rings (SSSR count). The third-order valence-corrected chi connectivity index (χ3v) is 4.00. The molecule has 1 N–H and O–H groups in total. The van der Waals surface area contributed by atoms with E-state index >= 15 is 0 Å². The molecule has 1 fully saturated rings. The number of alkyl halides is 3. The van der Waals surface area contributed by atoms with Crippen molar-refractivity contribution in [2.24, 2.45) is 0 Å². The third kappa shape index (κ3) is 3.62. The summed E-state index contributed by atoms with van der Waals surface area (Å²) in [7, 11) is 2.00. The molecule has 0 saturated carbocycles. The summed E-state index contributed by atoms with van der Waals surface area (Å²) >= 11 is 0. The molecule has 1 aliphatic heterocycles. The number of benzene rings is 1. The molecule has 0 aliphatic carbocycles. The molecule has 6 nitrogen and oxygen atoms in total. The Labute approximate surface area is 142 Å². The lowest BCUT2D eigenvalue weighted by atomic mass is 9.91. The minimum atomic E-state index is -4.99. The molecule has 25 heavy (non-hydrogen) atoms.